The highest BCUT2D eigenvalue weighted by molar-refractivity contribution is 9.10. The number of hydrogen-bond donors (Lipinski definition) is 2. The van der Waals surface area contributed by atoms with Crippen molar-refractivity contribution in [3.05, 3.63) is 98.4 Å². The lowest BCUT2D eigenvalue weighted by atomic mass is 9.87. The van der Waals surface area contributed by atoms with E-state index in [9.17, 15) is 13.2 Å². The van der Waals surface area contributed by atoms with Crippen molar-refractivity contribution in [3.8, 4) is 11.1 Å². The molecule has 1 aliphatic rings. The monoisotopic (exact) mass is 526 g/mol. The molecule has 2 atom stereocenters. The molecule has 0 bridgehead atoms. The van der Waals surface area contributed by atoms with Crippen LogP contribution in [-0.4, -0.2) is 23.6 Å². The van der Waals surface area contributed by atoms with E-state index in [2.05, 4.69) is 54.0 Å². The van der Waals surface area contributed by atoms with Crippen molar-refractivity contribution in [2.75, 3.05) is 0 Å². The molecule has 8 nitrogen and oxygen atoms in total. The van der Waals surface area contributed by atoms with E-state index in [0.29, 0.717) is 4.47 Å². The molecule has 2 aromatic heterocycles. The van der Waals surface area contributed by atoms with Gasteiger partial charge in [-0.25, -0.2) is 23.3 Å². The Morgan fingerprint density at radius 2 is 1.88 bits per heavy atom. The van der Waals surface area contributed by atoms with Gasteiger partial charge in [-0.3, -0.25) is 0 Å². The second-order valence-corrected chi connectivity index (χ2v) is 10.4. The van der Waals surface area contributed by atoms with Gasteiger partial charge in [0, 0.05) is 16.6 Å². The highest BCUT2D eigenvalue weighted by atomic mass is 79.9. The molecule has 0 radical (unpaired) electrons. The summed E-state index contributed by atoms with van der Waals surface area (Å²) in [4.78, 5) is 15.7. The minimum atomic E-state index is -4.04. The third-order valence-corrected chi connectivity index (χ3v) is 7.65. The number of rotatable bonds is 6. The SMILES string of the molecule is C[C@H](c1cccc2c1-c1ccccc1C2)[C@H](NS(=O)(=O)c1ccc(Br)cn1)c1n[nH]c(=O)o1. The van der Waals surface area contributed by atoms with Crippen molar-refractivity contribution in [2.24, 2.45) is 0 Å². The maximum atomic E-state index is 13.2. The summed E-state index contributed by atoms with van der Waals surface area (Å²) < 4.78 is 34.8. The van der Waals surface area contributed by atoms with E-state index < -0.39 is 27.7 Å². The first-order valence-corrected chi connectivity index (χ1v) is 12.5. The molecule has 2 aromatic carbocycles. The minimum Gasteiger partial charge on any atom is -0.391 e. The molecule has 0 aliphatic heterocycles. The Morgan fingerprint density at radius 3 is 2.61 bits per heavy atom. The van der Waals surface area contributed by atoms with Crippen LogP contribution in [0.1, 0.15) is 41.5 Å². The Labute approximate surface area is 198 Å². The number of hydrogen-bond acceptors (Lipinski definition) is 6. The highest BCUT2D eigenvalue weighted by Crippen LogP contribution is 2.44. The van der Waals surface area contributed by atoms with Crippen molar-refractivity contribution < 1.29 is 12.8 Å². The standard InChI is InChI=1S/C23H19BrN4O4S/c1-13(17-8-4-6-15-11-14-5-2-3-7-18(14)20(15)17)21(22-26-27-23(29)32-22)28-33(30,31)19-10-9-16(24)12-25-19/h2-10,12-13,21,28H,11H2,1H3,(H,27,29)/t13-,21+/m1/s1. The Bertz CT molecular complexity index is 1500. The number of aromatic amines is 1. The summed E-state index contributed by atoms with van der Waals surface area (Å²) >= 11 is 3.26. The summed E-state index contributed by atoms with van der Waals surface area (Å²) in [5.41, 5.74) is 5.51. The Morgan fingerprint density at radius 1 is 1.09 bits per heavy atom. The van der Waals surface area contributed by atoms with Crippen molar-refractivity contribution in [2.45, 2.75) is 30.3 Å². The van der Waals surface area contributed by atoms with Crippen LogP contribution in [-0.2, 0) is 16.4 Å². The number of aromatic nitrogens is 3. The summed E-state index contributed by atoms with van der Waals surface area (Å²) in [5, 5.41) is 6.01. The molecule has 33 heavy (non-hydrogen) atoms. The lowest BCUT2D eigenvalue weighted by molar-refractivity contribution is 0.382. The molecule has 2 N–H and O–H groups in total. The van der Waals surface area contributed by atoms with Gasteiger partial charge in [0.2, 0.25) is 5.89 Å². The fourth-order valence-electron chi connectivity index (χ4n) is 4.27. The molecule has 4 aromatic rings. The van der Waals surface area contributed by atoms with Crippen LogP contribution in [0.5, 0.6) is 0 Å². The zero-order valence-corrected chi connectivity index (χ0v) is 19.9. The molecule has 168 valence electrons. The lowest BCUT2D eigenvalue weighted by Crippen LogP contribution is -2.33. The van der Waals surface area contributed by atoms with Crippen molar-refractivity contribution in [1.29, 1.82) is 0 Å². The zero-order chi connectivity index (χ0) is 23.2. The first kappa shape index (κ1) is 21.7. The van der Waals surface area contributed by atoms with Crippen LogP contribution < -0.4 is 10.5 Å². The van der Waals surface area contributed by atoms with E-state index in [-0.39, 0.29) is 10.9 Å². The molecular weight excluding hydrogens is 508 g/mol. The fourth-order valence-corrected chi connectivity index (χ4v) is 5.70. The van der Waals surface area contributed by atoms with Gasteiger partial charge < -0.3 is 4.42 Å². The summed E-state index contributed by atoms with van der Waals surface area (Å²) in [6, 6.07) is 16.2. The predicted octanol–water partition coefficient (Wildman–Crippen LogP) is 3.91. The van der Waals surface area contributed by atoms with Gasteiger partial charge in [0.1, 0.15) is 6.04 Å². The molecule has 0 saturated heterocycles. The van der Waals surface area contributed by atoms with Crippen molar-refractivity contribution >= 4 is 26.0 Å². The molecular formula is C23H19BrN4O4S. The molecule has 10 heteroatoms. The van der Waals surface area contributed by atoms with Gasteiger partial charge in [0.25, 0.3) is 10.0 Å². The molecule has 0 saturated carbocycles. The maximum absolute atomic E-state index is 13.2. The molecule has 0 unspecified atom stereocenters. The van der Waals surface area contributed by atoms with Crippen molar-refractivity contribution in [1.82, 2.24) is 19.9 Å². The highest BCUT2D eigenvalue weighted by Gasteiger charge is 2.34. The molecule has 0 amide bonds. The molecule has 1 aliphatic carbocycles. The van der Waals surface area contributed by atoms with Gasteiger partial charge in [0.05, 0.1) is 0 Å². The largest absolute Gasteiger partial charge is 0.434 e. The molecule has 2 heterocycles. The Hall–Kier alpha value is -3.08. The van der Waals surface area contributed by atoms with Crippen molar-refractivity contribution in [3.63, 3.8) is 0 Å². The van der Waals surface area contributed by atoms with Crippen LogP contribution >= 0.6 is 15.9 Å². The van der Waals surface area contributed by atoms with Gasteiger partial charge in [-0.1, -0.05) is 49.4 Å². The van der Waals surface area contributed by atoms with Crippen LogP contribution in [0.15, 0.2) is 79.5 Å². The quantitative estimate of drug-likeness (QED) is 0.346. The van der Waals surface area contributed by atoms with Crippen LogP contribution in [0.4, 0.5) is 0 Å². The van der Waals surface area contributed by atoms with Crippen LogP contribution in [0.3, 0.4) is 0 Å². The van der Waals surface area contributed by atoms with Gasteiger partial charge in [0.15, 0.2) is 5.03 Å². The van der Waals surface area contributed by atoms with Gasteiger partial charge >= 0.3 is 5.76 Å². The van der Waals surface area contributed by atoms with E-state index in [4.69, 9.17) is 4.42 Å². The van der Waals surface area contributed by atoms with E-state index in [1.54, 1.807) is 6.07 Å². The number of pyridine rings is 1. The number of H-pyrrole nitrogens is 1. The van der Waals surface area contributed by atoms with Gasteiger partial charge in [-0.2, -0.15) is 4.72 Å². The zero-order valence-electron chi connectivity index (χ0n) is 17.4. The van der Waals surface area contributed by atoms with Gasteiger partial charge in [-0.05, 0) is 62.3 Å². The van der Waals surface area contributed by atoms with Gasteiger partial charge in [-0.15, -0.1) is 5.10 Å². The third-order valence-electron chi connectivity index (χ3n) is 5.82. The fraction of sp³-hybridized carbons (Fsp3) is 0.174. The summed E-state index contributed by atoms with van der Waals surface area (Å²) in [7, 11) is -4.04. The normalized spacial score (nSPS) is 14.5. The first-order chi connectivity index (χ1) is 15.8. The predicted molar refractivity (Wildman–Crippen MR) is 125 cm³/mol. The third kappa shape index (κ3) is 4.05. The van der Waals surface area contributed by atoms with Crippen LogP contribution in [0.25, 0.3) is 11.1 Å². The number of nitrogens with one attached hydrogen (secondary N) is 2. The molecule has 0 fully saturated rings. The minimum absolute atomic E-state index is 0.0444. The topological polar surface area (TPSA) is 118 Å². The lowest BCUT2D eigenvalue weighted by Gasteiger charge is -2.24. The number of nitrogens with zero attached hydrogens (tertiary/aromatic N) is 2. The number of sulfonamides is 1. The molecule has 5 rings (SSSR count). The second kappa shape index (κ2) is 8.36. The number of benzene rings is 2. The second-order valence-electron chi connectivity index (χ2n) is 7.87. The molecule has 0 spiro atoms. The first-order valence-electron chi connectivity index (χ1n) is 10.2. The maximum Gasteiger partial charge on any atom is 0.434 e. The van der Waals surface area contributed by atoms with E-state index in [1.807, 2.05) is 31.2 Å². The summed E-state index contributed by atoms with van der Waals surface area (Å²) in [5.74, 6) is -1.22. The average molecular weight is 527 g/mol. The van der Waals surface area contributed by atoms with E-state index in [0.717, 1.165) is 23.1 Å². The number of halogens is 1. The van der Waals surface area contributed by atoms with E-state index in [1.165, 1.54) is 23.4 Å². The van der Waals surface area contributed by atoms with E-state index >= 15 is 0 Å². The summed E-state index contributed by atoms with van der Waals surface area (Å²) in [6.45, 7) is 1.88. The summed E-state index contributed by atoms with van der Waals surface area (Å²) in [6.07, 6.45) is 2.21. The Balaban J connectivity index is 1.59. The van der Waals surface area contributed by atoms with Crippen LogP contribution in [0, 0.1) is 0 Å². The Kier molecular flexibility index (Phi) is 5.51. The number of fused-ring (bicyclic) bond motifs is 3. The van der Waals surface area contributed by atoms with Crippen LogP contribution in [0.2, 0.25) is 0 Å². The smallest absolute Gasteiger partial charge is 0.391 e. The average Bonchev–Trinajstić information content (AvgIpc) is 3.40.